The molecule has 1 amide bonds. The Balaban J connectivity index is 1.62. The molecule has 1 unspecified atom stereocenters. The zero-order valence-electron chi connectivity index (χ0n) is 18.7. The standard InChI is InChI=1S/C25H26N2O5S/c1-17-8-11-20(12-9-17)33(29,30)27-16-24(32-23-13-10-18(2)14-21(23)27)25(28)26-15-19-6-4-5-7-22(19)31-3/h4-14,24H,15-16H2,1-3H3,(H,26,28). The van der Waals surface area contributed by atoms with Crippen LogP contribution in [0.5, 0.6) is 11.5 Å². The van der Waals surface area contributed by atoms with Crippen molar-refractivity contribution in [3.8, 4) is 11.5 Å². The number of benzene rings is 3. The van der Waals surface area contributed by atoms with E-state index in [9.17, 15) is 13.2 Å². The number of hydrogen-bond donors (Lipinski definition) is 1. The predicted octanol–water partition coefficient (Wildman–Crippen LogP) is 3.58. The summed E-state index contributed by atoms with van der Waals surface area (Å²) in [5, 5.41) is 2.84. The molecular formula is C25H26N2O5S. The SMILES string of the molecule is COc1ccccc1CNC(=O)C1CN(S(=O)(=O)c2ccc(C)cc2)c2cc(C)ccc2O1. The first kappa shape index (κ1) is 22.7. The average molecular weight is 467 g/mol. The maximum atomic E-state index is 13.5. The topological polar surface area (TPSA) is 84.9 Å². The summed E-state index contributed by atoms with van der Waals surface area (Å²) in [6.07, 6.45) is -1.00. The molecule has 3 aromatic rings. The van der Waals surface area contributed by atoms with E-state index in [1.54, 1.807) is 43.5 Å². The Hall–Kier alpha value is -3.52. The second-order valence-corrected chi connectivity index (χ2v) is 9.82. The quantitative estimate of drug-likeness (QED) is 0.600. The second kappa shape index (κ2) is 9.15. The number of fused-ring (bicyclic) bond motifs is 1. The maximum absolute atomic E-state index is 13.5. The number of nitrogens with zero attached hydrogens (tertiary/aromatic N) is 1. The van der Waals surface area contributed by atoms with Crippen LogP contribution in [0.2, 0.25) is 0 Å². The number of anilines is 1. The van der Waals surface area contributed by atoms with Crippen LogP contribution in [0, 0.1) is 13.8 Å². The lowest BCUT2D eigenvalue weighted by Gasteiger charge is -2.35. The monoisotopic (exact) mass is 466 g/mol. The van der Waals surface area contributed by atoms with Crippen molar-refractivity contribution in [1.29, 1.82) is 0 Å². The molecule has 0 aromatic heterocycles. The molecule has 0 spiro atoms. The minimum Gasteiger partial charge on any atom is -0.496 e. The van der Waals surface area contributed by atoms with Gasteiger partial charge in [-0.15, -0.1) is 0 Å². The molecule has 1 N–H and O–H groups in total. The first-order chi connectivity index (χ1) is 15.8. The fourth-order valence-electron chi connectivity index (χ4n) is 3.71. The lowest BCUT2D eigenvalue weighted by molar-refractivity contribution is -0.127. The number of carbonyl (C=O) groups excluding carboxylic acids is 1. The third kappa shape index (κ3) is 4.66. The van der Waals surface area contributed by atoms with Crippen molar-refractivity contribution < 1.29 is 22.7 Å². The van der Waals surface area contributed by atoms with E-state index in [1.807, 2.05) is 44.2 Å². The molecule has 1 atom stereocenters. The Kier molecular flexibility index (Phi) is 6.29. The highest BCUT2D eigenvalue weighted by atomic mass is 32.2. The molecule has 3 aromatic carbocycles. The van der Waals surface area contributed by atoms with Crippen LogP contribution < -0.4 is 19.1 Å². The molecule has 1 heterocycles. The number of ether oxygens (including phenoxy) is 2. The zero-order chi connectivity index (χ0) is 23.6. The summed E-state index contributed by atoms with van der Waals surface area (Å²) < 4.78 is 39.6. The van der Waals surface area contributed by atoms with Crippen LogP contribution in [0.15, 0.2) is 71.6 Å². The molecule has 33 heavy (non-hydrogen) atoms. The highest BCUT2D eigenvalue weighted by molar-refractivity contribution is 7.92. The van der Waals surface area contributed by atoms with Crippen LogP contribution in [-0.2, 0) is 21.4 Å². The molecule has 1 aliphatic heterocycles. The van der Waals surface area contributed by atoms with E-state index in [0.29, 0.717) is 17.2 Å². The van der Waals surface area contributed by atoms with Crippen LogP contribution >= 0.6 is 0 Å². The second-order valence-electron chi connectivity index (χ2n) is 7.96. The summed E-state index contributed by atoms with van der Waals surface area (Å²) in [5.41, 5.74) is 3.08. The summed E-state index contributed by atoms with van der Waals surface area (Å²) in [6.45, 7) is 3.87. The van der Waals surface area contributed by atoms with Crippen LogP contribution in [0.1, 0.15) is 16.7 Å². The van der Waals surface area contributed by atoms with Crippen molar-refractivity contribution in [1.82, 2.24) is 5.32 Å². The molecule has 1 aliphatic rings. The number of sulfonamides is 1. The lowest BCUT2D eigenvalue weighted by Crippen LogP contribution is -2.50. The largest absolute Gasteiger partial charge is 0.496 e. The highest BCUT2D eigenvalue weighted by Crippen LogP contribution is 2.37. The Morgan fingerprint density at radius 2 is 1.76 bits per heavy atom. The van der Waals surface area contributed by atoms with Crippen molar-refractivity contribution >= 4 is 21.6 Å². The van der Waals surface area contributed by atoms with Gasteiger partial charge in [-0.25, -0.2) is 8.42 Å². The number of nitrogens with one attached hydrogen (secondary N) is 1. The molecule has 0 saturated carbocycles. The summed E-state index contributed by atoms with van der Waals surface area (Å²) in [4.78, 5) is 13.2. The van der Waals surface area contributed by atoms with Gasteiger partial charge >= 0.3 is 0 Å². The number of carbonyl (C=O) groups is 1. The van der Waals surface area contributed by atoms with Gasteiger partial charge in [-0.3, -0.25) is 9.10 Å². The van der Waals surface area contributed by atoms with Gasteiger partial charge in [-0.05, 0) is 49.7 Å². The number of aryl methyl sites for hydroxylation is 2. The number of para-hydroxylation sites is 1. The van der Waals surface area contributed by atoms with E-state index >= 15 is 0 Å². The molecular weight excluding hydrogens is 440 g/mol. The van der Waals surface area contributed by atoms with Crippen LogP contribution in [-0.4, -0.2) is 34.1 Å². The molecule has 0 aliphatic carbocycles. The van der Waals surface area contributed by atoms with Gasteiger partial charge in [0.1, 0.15) is 11.5 Å². The van der Waals surface area contributed by atoms with Crippen LogP contribution in [0.3, 0.4) is 0 Å². The lowest BCUT2D eigenvalue weighted by atomic mass is 10.1. The summed E-state index contributed by atoms with van der Waals surface area (Å²) in [7, 11) is -2.33. The third-order valence-corrected chi connectivity index (χ3v) is 7.32. The van der Waals surface area contributed by atoms with Crippen molar-refractivity contribution in [3.05, 3.63) is 83.4 Å². The normalized spacial score (nSPS) is 15.4. The predicted molar refractivity (Wildman–Crippen MR) is 126 cm³/mol. The molecule has 0 saturated heterocycles. The smallest absolute Gasteiger partial charge is 0.264 e. The van der Waals surface area contributed by atoms with Crippen molar-refractivity contribution in [3.63, 3.8) is 0 Å². The van der Waals surface area contributed by atoms with Gasteiger partial charge in [0.2, 0.25) is 0 Å². The minimum atomic E-state index is -3.90. The van der Waals surface area contributed by atoms with Gasteiger partial charge < -0.3 is 14.8 Å². The van der Waals surface area contributed by atoms with E-state index in [0.717, 1.165) is 16.7 Å². The van der Waals surface area contributed by atoms with Gasteiger partial charge in [-0.1, -0.05) is 42.0 Å². The van der Waals surface area contributed by atoms with Crippen LogP contribution in [0.25, 0.3) is 0 Å². The molecule has 4 rings (SSSR count). The van der Waals surface area contributed by atoms with E-state index in [-0.39, 0.29) is 18.0 Å². The van der Waals surface area contributed by atoms with Gasteiger partial charge in [0.15, 0.2) is 6.10 Å². The van der Waals surface area contributed by atoms with Crippen LogP contribution in [0.4, 0.5) is 5.69 Å². The van der Waals surface area contributed by atoms with E-state index < -0.39 is 22.0 Å². The minimum absolute atomic E-state index is 0.135. The van der Waals surface area contributed by atoms with Crippen molar-refractivity contribution in [2.24, 2.45) is 0 Å². The Labute approximate surface area is 194 Å². The Morgan fingerprint density at radius 3 is 2.48 bits per heavy atom. The average Bonchev–Trinajstić information content (AvgIpc) is 2.82. The Morgan fingerprint density at radius 1 is 1.06 bits per heavy atom. The van der Waals surface area contributed by atoms with Crippen molar-refractivity contribution in [2.45, 2.75) is 31.4 Å². The number of methoxy groups -OCH3 is 1. The Bertz CT molecular complexity index is 1270. The van der Waals surface area contributed by atoms with Gasteiger partial charge in [-0.2, -0.15) is 0 Å². The van der Waals surface area contributed by atoms with E-state index in [4.69, 9.17) is 9.47 Å². The van der Waals surface area contributed by atoms with Gasteiger partial charge in [0, 0.05) is 12.1 Å². The van der Waals surface area contributed by atoms with Gasteiger partial charge in [0.25, 0.3) is 15.9 Å². The fourth-order valence-corrected chi connectivity index (χ4v) is 5.18. The molecule has 7 nitrogen and oxygen atoms in total. The number of hydrogen-bond acceptors (Lipinski definition) is 5. The van der Waals surface area contributed by atoms with Crippen molar-refractivity contribution in [2.75, 3.05) is 18.0 Å². The first-order valence-corrected chi connectivity index (χ1v) is 12.0. The third-order valence-electron chi connectivity index (χ3n) is 5.53. The van der Waals surface area contributed by atoms with E-state index in [2.05, 4.69) is 5.32 Å². The maximum Gasteiger partial charge on any atom is 0.264 e. The zero-order valence-corrected chi connectivity index (χ0v) is 19.6. The molecule has 0 fully saturated rings. The summed E-state index contributed by atoms with van der Waals surface area (Å²) >= 11 is 0. The van der Waals surface area contributed by atoms with Gasteiger partial charge in [0.05, 0.1) is 24.2 Å². The number of amides is 1. The fraction of sp³-hybridized carbons (Fsp3) is 0.240. The first-order valence-electron chi connectivity index (χ1n) is 10.6. The van der Waals surface area contributed by atoms with E-state index in [1.165, 1.54) is 4.31 Å². The highest BCUT2D eigenvalue weighted by Gasteiger charge is 2.37. The molecule has 8 heteroatoms. The number of rotatable bonds is 6. The molecule has 0 radical (unpaired) electrons. The summed E-state index contributed by atoms with van der Waals surface area (Å²) in [6, 6.07) is 19.3. The molecule has 172 valence electrons. The summed E-state index contributed by atoms with van der Waals surface area (Å²) in [5.74, 6) is 0.600. The molecule has 0 bridgehead atoms.